The van der Waals surface area contributed by atoms with Gasteiger partial charge in [-0.15, -0.1) is 21.5 Å². The van der Waals surface area contributed by atoms with E-state index in [9.17, 15) is 4.79 Å². The van der Waals surface area contributed by atoms with Crippen molar-refractivity contribution >= 4 is 23.1 Å². The number of rotatable bonds is 6. The van der Waals surface area contributed by atoms with Crippen molar-refractivity contribution < 1.29 is 4.79 Å². The minimum atomic E-state index is 0.117. The lowest BCUT2D eigenvalue weighted by molar-refractivity contribution is -0.125. The third-order valence-electron chi connectivity index (χ3n) is 6.03. The first-order chi connectivity index (χ1) is 13.7. The van der Waals surface area contributed by atoms with Gasteiger partial charge in [0, 0.05) is 31.6 Å². The first-order valence-electron chi connectivity index (χ1n) is 10.4. The van der Waals surface area contributed by atoms with Gasteiger partial charge >= 0.3 is 0 Å². The quantitative estimate of drug-likeness (QED) is 0.809. The number of likely N-dealkylation sites (tertiary alicyclic amines) is 1. The number of hydrogen-bond acceptors (Lipinski definition) is 6. The van der Waals surface area contributed by atoms with E-state index in [0.29, 0.717) is 6.04 Å². The number of aromatic nitrogens is 2. The fraction of sp³-hybridized carbons (Fsp3) is 0.571. The summed E-state index contributed by atoms with van der Waals surface area (Å²) < 4.78 is 0. The molecule has 1 N–H and O–H groups in total. The topological polar surface area (TPSA) is 61.4 Å². The Balaban J connectivity index is 1.25. The fourth-order valence-corrected chi connectivity index (χ4v) is 5.02. The molecule has 0 radical (unpaired) electrons. The third-order valence-corrected chi connectivity index (χ3v) is 6.92. The molecule has 4 rings (SSSR count). The summed E-state index contributed by atoms with van der Waals surface area (Å²) in [6, 6.07) is 8.68. The van der Waals surface area contributed by atoms with Crippen LogP contribution in [-0.2, 0) is 4.79 Å². The number of anilines is 1. The number of hydrogen-bond donors (Lipinski definition) is 1. The molecule has 0 aromatic carbocycles. The van der Waals surface area contributed by atoms with E-state index in [1.165, 1.54) is 19.4 Å². The van der Waals surface area contributed by atoms with Crippen LogP contribution in [-0.4, -0.2) is 59.8 Å². The Labute approximate surface area is 171 Å². The molecule has 2 aromatic rings. The Kier molecular flexibility index (Phi) is 6.22. The second kappa shape index (κ2) is 9.01. The highest BCUT2D eigenvalue weighted by molar-refractivity contribution is 7.13. The van der Waals surface area contributed by atoms with Crippen molar-refractivity contribution in [2.45, 2.75) is 38.6 Å². The lowest BCUT2D eigenvalue weighted by Gasteiger charge is -2.32. The van der Waals surface area contributed by atoms with Gasteiger partial charge in [0.05, 0.1) is 4.88 Å². The molecule has 0 saturated carbocycles. The van der Waals surface area contributed by atoms with E-state index in [1.807, 2.05) is 23.6 Å². The molecule has 0 spiro atoms. The van der Waals surface area contributed by atoms with E-state index in [2.05, 4.69) is 38.3 Å². The predicted octanol–water partition coefficient (Wildman–Crippen LogP) is 3.02. The summed E-state index contributed by atoms with van der Waals surface area (Å²) >= 11 is 1.67. The number of piperidine rings is 1. The monoisotopic (exact) mass is 399 g/mol. The molecular formula is C21H29N5OS. The molecule has 2 aromatic heterocycles. The number of thiophene rings is 1. The highest BCUT2D eigenvalue weighted by atomic mass is 32.1. The standard InChI is InChI=1S/C21H29N5OS/c1-2-25-11-3-5-17(25)15-22-21(27)16-9-12-26(13-10-16)20-8-7-18(23-24-20)19-6-4-14-28-19/h4,6-8,14,16-17H,2-3,5,9-13,15H2,1H3,(H,22,27)/t17-/m1/s1. The van der Waals surface area contributed by atoms with Crippen LogP contribution in [0.3, 0.4) is 0 Å². The van der Waals surface area contributed by atoms with Crippen LogP contribution in [0.4, 0.5) is 5.82 Å². The smallest absolute Gasteiger partial charge is 0.223 e. The summed E-state index contributed by atoms with van der Waals surface area (Å²) in [5.74, 6) is 1.25. The van der Waals surface area contributed by atoms with Crippen LogP contribution < -0.4 is 10.2 Å². The summed E-state index contributed by atoms with van der Waals surface area (Å²) in [4.78, 5) is 18.4. The van der Waals surface area contributed by atoms with Crippen LogP contribution in [0.1, 0.15) is 32.6 Å². The van der Waals surface area contributed by atoms with Crippen LogP contribution in [0.2, 0.25) is 0 Å². The maximum absolute atomic E-state index is 12.6. The van der Waals surface area contributed by atoms with Gasteiger partial charge in [0.2, 0.25) is 5.91 Å². The van der Waals surface area contributed by atoms with Crippen molar-refractivity contribution in [3.05, 3.63) is 29.6 Å². The molecule has 6 nitrogen and oxygen atoms in total. The fourth-order valence-electron chi connectivity index (χ4n) is 4.33. The lowest BCUT2D eigenvalue weighted by Crippen LogP contribution is -2.45. The van der Waals surface area contributed by atoms with Gasteiger partial charge < -0.3 is 10.2 Å². The average Bonchev–Trinajstić information content (AvgIpc) is 3.44. The number of carbonyl (C=O) groups is 1. The molecule has 150 valence electrons. The molecule has 28 heavy (non-hydrogen) atoms. The Morgan fingerprint density at radius 3 is 2.71 bits per heavy atom. The molecule has 4 heterocycles. The Hall–Kier alpha value is -1.99. The zero-order valence-corrected chi connectivity index (χ0v) is 17.3. The van der Waals surface area contributed by atoms with Crippen molar-refractivity contribution in [2.75, 3.05) is 37.6 Å². The number of nitrogens with one attached hydrogen (secondary N) is 1. The number of nitrogens with zero attached hydrogens (tertiary/aromatic N) is 4. The number of likely N-dealkylation sites (N-methyl/N-ethyl adjacent to an activating group) is 1. The molecule has 2 aliphatic heterocycles. The SMILES string of the molecule is CCN1CCC[C@@H]1CNC(=O)C1CCN(c2ccc(-c3cccs3)nn2)CC1. The largest absolute Gasteiger partial charge is 0.355 e. The van der Waals surface area contributed by atoms with Crippen molar-refractivity contribution in [3.8, 4) is 10.6 Å². The Morgan fingerprint density at radius 2 is 2.04 bits per heavy atom. The molecule has 2 saturated heterocycles. The zero-order chi connectivity index (χ0) is 19.3. The van der Waals surface area contributed by atoms with Crippen molar-refractivity contribution in [1.82, 2.24) is 20.4 Å². The van der Waals surface area contributed by atoms with E-state index in [0.717, 1.165) is 55.4 Å². The third kappa shape index (κ3) is 4.36. The van der Waals surface area contributed by atoms with Crippen LogP contribution in [0.25, 0.3) is 10.6 Å². The van der Waals surface area contributed by atoms with Gasteiger partial charge in [-0.25, -0.2) is 0 Å². The van der Waals surface area contributed by atoms with Crippen LogP contribution in [0.15, 0.2) is 29.6 Å². The van der Waals surface area contributed by atoms with Crippen LogP contribution in [0.5, 0.6) is 0 Å². The molecule has 1 atom stereocenters. The zero-order valence-electron chi connectivity index (χ0n) is 16.5. The molecule has 2 aliphatic rings. The van der Waals surface area contributed by atoms with Crippen LogP contribution in [0, 0.1) is 5.92 Å². The van der Waals surface area contributed by atoms with E-state index in [1.54, 1.807) is 11.3 Å². The maximum atomic E-state index is 12.6. The lowest BCUT2D eigenvalue weighted by atomic mass is 9.95. The van der Waals surface area contributed by atoms with Gasteiger partial charge in [-0.05, 0) is 62.4 Å². The normalized spacial score (nSPS) is 21.2. The van der Waals surface area contributed by atoms with E-state index in [-0.39, 0.29) is 11.8 Å². The molecule has 0 aliphatic carbocycles. The van der Waals surface area contributed by atoms with Gasteiger partial charge in [-0.2, -0.15) is 0 Å². The number of amides is 1. The molecule has 0 unspecified atom stereocenters. The van der Waals surface area contributed by atoms with Gasteiger partial charge in [0.15, 0.2) is 5.82 Å². The number of carbonyl (C=O) groups excluding carboxylic acids is 1. The van der Waals surface area contributed by atoms with Gasteiger partial charge in [-0.1, -0.05) is 13.0 Å². The highest BCUT2D eigenvalue weighted by Gasteiger charge is 2.28. The highest BCUT2D eigenvalue weighted by Crippen LogP contribution is 2.25. The van der Waals surface area contributed by atoms with E-state index in [4.69, 9.17) is 0 Å². The van der Waals surface area contributed by atoms with Gasteiger partial charge in [-0.3, -0.25) is 9.69 Å². The minimum absolute atomic E-state index is 0.117. The van der Waals surface area contributed by atoms with Gasteiger partial charge in [0.1, 0.15) is 5.69 Å². The average molecular weight is 400 g/mol. The van der Waals surface area contributed by atoms with Crippen molar-refractivity contribution in [1.29, 1.82) is 0 Å². The molecule has 0 bridgehead atoms. The predicted molar refractivity (Wildman–Crippen MR) is 114 cm³/mol. The Bertz CT molecular complexity index is 756. The second-order valence-corrected chi connectivity index (χ2v) is 8.63. The summed E-state index contributed by atoms with van der Waals surface area (Å²) in [7, 11) is 0. The van der Waals surface area contributed by atoms with Gasteiger partial charge in [0.25, 0.3) is 0 Å². The van der Waals surface area contributed by atoms with Crippen LogP contribution >= 0.6 is 11.3 Å². The van der Waals surface area contributed by atoms with Crippen molar-refractivity contribution in [3.63, 3.8) is 0 Å². The molecular weight excluding hydrogens is 370 g/mol. The van der Waals surface area contributed by atoms with Crippen molar-refractivity contribution in [2.24, 2.45) is 5.92 Å². The first kappa shape index (κ1) is 19.3. The molecule has 2 fully saturated rings. The molecule has 7 heteroatoms. The maximum Gasteiger partial charge on any atom is 0.223 e. The summed E-state index contributed by atoms with van der Waals surface area (Å²) in [6.07, 6.45) is 4.20. The summed E-state index contributed by atoms with van der Waals surface area (Å²) in [5, 5.41) is 14.0. The van der Waals surface area contributed by atoms with E-state index < -0.39 is 0 Å². The summed E-state index contributed by atoms with van der Waals surface area (Å²) in [6.45, 7) is 6.95. The second-order valence-electron chi connectivity index (χ2n) is 7.69. The Morgan fingerprint density at radius 1 is 1.18 bits per heavy atom. The first-order valence-corrected chi connectivity index (χ1v) is 11.3. The molecule has 1 amide bonds. The van der Waals surface area contributed by atoms with E-state index >= 15 is 0 Å². The minimum Gasteiger partial charge on any atom is -0.355 e. The summed E-state index contributed by atoms with van der Waals surface area (Å²) in [5.41, 5.74) is 0.918.